The van der Waals surface area contributed by atoms with Crippen molar-refractivity contribution in [2.24, 2.45) is 13.0 Å². The minimum absolute atomic E-state index is 0.0662. The second-order valence-electron chi connectivity index (χ2n) is 9.01. The van der Waals surface area contributed by atoms with Crippen molar-refractivity contribution in [2.75, 3.05) is 6.54 Å². The molecule has 4 rings (SSSR count). The number of hydrogen-bond donors (Lipinski definition) is 1. The average Bonchev–Trinajstić information content (AvgIpc) is 3.17. The van der Waals surface area contributed by atoms with Gasteiger partial charge in [-0.25, -0.2) is 0 Å². The van der Waals surface area contributed by atoms with Gasteiger partial charge in [-0.3, -0.25) is 4.79 Å². The monoisotopic (exact) mass is 440 g/mol. The lowest BCUT2D eigenvalue weighted by Crippen LogP contribution is -2.28. The molecule has 0 aliphatic heterocycles. The average molecular weight is 441 g/mol. The van der Waals surface area contributed by atoms with Crippen LogP contribution in [0.15, 0.2) is 85.1 Å². The summed E-state index contributed by atoms with van der Waals surface area (Å²) >= 11 is 0. The number of aryl methyl sites for hydroxylation is 1. The van der Waals surface area contributed by atoms with Gasteiger partial charge in [0.15, 0.2) is 0 Å². The van der Waals surface area contributed by atoms with Crippen LogP contribution in [0.4, 0.5) is 0 Å². The first-order chi connectivity index (χ1) is 16.0. The van der Waals surface area contributed by atoms with Crippen molar-refractivity contribution in [2.45, 2.75) is 32.8 Å². The second-order valence-corrected chi connectivity index (χ2v) is 9.01. The summed E-state index contributed by atoms with van der Waals surface area (Å²) in [6.07, 6.45) is 2.55. The molecule has 4 aromatic rings. The lowest BCUT2D eigenvalue weighted by atomic mass is 9.88. The molecule has 0 aliphatic carbocycles. The van der Waals surface area contributed by atoms with Crippen molar-refractivity contribution in [3.63, 3.8) is 0 Å². The number of carbonyl (C=O) groups is 1. The second kappa shape index (κ2) is 10.4. The Bertz CT molecular complexity index is 1210. The number of benzene rings is 3. The van der Waals surface area contributed by atoms with Crippen molar-refractivity contribution in [1.82, 2.24) is 9.88 Å². The Labute approximate surface area is 196 Å². The molecular weight excluding hydrogens is 408 g/mol. The normalized spacial score (nSPS) is 12.1. The van der Waals surface area contributed by atoms with Crippen LogP contribution < -0.4 is 10.1 Å². The van der Waals surface area contributed by atoms with Crippen molar-refractivity contribution in [1.29, 1.82) is 0 Å². The smallest absolute Gasteiger partial charge is 0.220 e. The third-order valence-corrected chi connectivity index (χ3v) is 5.91. The van der Waals surface area contributed by atoms with Crippen LogP contribution in [0.5, 0.6) is 5.75 Å². The molecule has 0 spiro atoms. The van der Waals surface area contributed by atoms with Gasteiger partial charge in [-0.1, -0.05) is 74.5 Å². The molecule has 0 saturated carbocycles. The zero-order valence-corrected chi connectivity index (χ0v) is 19.6. The van der Waals surface area contributed by atoms with Crippen molar-refractivity contribution < 1.29 is 9.53 Å². The molecule has 4 heteroatoms. The molecule has 1 aromatic heterocycles. The predicted molar refractivity (Wildman–Crippen MR) is 134 cm³/mol. The van der Waals surface area contributed by atoms with E-state index in [0.717, 1.165) is 28.0 Å². The molecule has 0 radical (unpaired) electrons. The third-order valence-electron chi connectivity index (χ3n) is 5.91. The van der Waals surface area contributed by atoms with Gasteiger partial charge in [0.2, 0.25) is 5.91 Å². The molecule has 1 atom stereocenters. The van der Waals surface area contributed by atoms with Gasteiger partial charge in [0.1, 0.15) is 12.4 Å². The molecule has 0 saturated heterocycles. The van der Waals surface area contributed by atoms with Gasteiger partial charge in [-0.05, 0) is 40.8 Å². The number of fused-ring (bicyclic) bond motifs is 1. The molecule has 1 heterocycles. The Morgan fingerprint density at radius 2 is 1.73 bits per heavy atom. The number of nitrogens with one attached hydrogen (secondary N) is 1. The highest BCUT2D eigenvalue weighted by atomic mass is 16.5. The summed E-state index contributed by atoms with van der Waals surface area (Å²) in [6, 6.07) is 26.7. The molecule has 33 heavy (non-hydrogen) atoms. The molecule has 0 aliphatic rings. The van der Waals surface area contributed by atoms with E-state index in [4.69, 9.17) is 4.74 Å². The molecule has 3 aromatic carbocycles. The Morgan fingerprint density at radius 3 is 2.52 bits per heavy atom. The number of hydrogen-bond acceptors (Lipinski definition) is 2. The van der Waals surface area contributed by atoms with E-state index in [1.54, 1.807) is 0 Å². The molecule has 0 fully saturated rings. The highest BCUT2D eigenvalue weighted by Gasteiger charge is 2.23. The van der Waals surface area contributed by atoms with Gasteiger partial charge in [0.25, 0.3) is 0 Å². The van der Waals surface area contributed by atoms with Crippen LogP contribution in [0, 0.1) is 5.92 Å². The van der Waals surface area contributed by atoms with Crippen molar-refractivity contribution >= 4 is 16.8 Å². The molecule has 1 amide bonds. The zero-order valence-electron chi connectivity index (χ0n) is 19.6. The first kappa shape index (κ1) is 22.7. The number of para-hydroxylation sites is 1. The van der Waals surface area contributed by atoms with Crippen molar-refractivity contribution in [3.05, 3.63) is 102 Å². The van der Waals surface area contributed by atoms with E-state index in [2.05, 4.69) is 85.5 Å². The quantitative estimate of drug-likeness (QED) is 0.344. The number of carbonyl (C=O) groups excluding carboxylic acids is 1. The Morgan fingerprint density at radius 1 is 0.970 bits per heavy atom. The number of rotatable bonds is 9. The summed E-state index contributed by atoms with van der Waals surface area (Å²) < 4.78 is 8.23. The number of nitrogens with zero attached hydrogens (tertiary/aromatic N) is 1. The van der Waals surface area contributed by atoms with E-state index in [9.17, 15) is 4.79 Å². The summed E-state index contributed by atoms with van der Waals surface area (Å²) in [5.74, 6) is 1.23. The van der Waals surface area contributed by atoms with Crippen LogP contribution in [-0.2, 0) is 18.4 Å². The van der Waals surface area contributed by atoms with Crippen LogP contribution in [0.25, 0.3) is 10.9 Å². The summed E-state index contributed by atoms with van der Waals surface area (Å²) in [5, 5.41) is 4.27. The molecule has 170 valence electrons. The maximum Gasteiger partial charge on any atom is 0.220 e. The van der Waals surface area contributed by atoms with Crippen molar-refractivity contribution in [3.8, 4) is 5.75 Å². The first-order valence-electron chi connectivity index (χ1n) is 11.6. The van der Waals surface area contributed by atoms with E-state index in [0.29, 0.717) is 25.5 Å². The van der Waals surface area contributed by atoms with Gasteiger partial charge < -0.3 is 14.6 Å². The van der Waals surface area contributed by atoms with E-state index in [1.807, 2.05) is 30.3 Å². The largest absolute Gasteiger partial charge is 0.489 e. The van der Waals surface area contributed by atoms with E-state index in [-0.39, 0.29) is 11.8 Å². The SMILES string of the molecule is CC(C)CNC(=O)C[C@@H](c1cccc(OCc2ccccc2)c1)c1cn(C)c2ccccc12. The fourth-order valence-electron chi connectivity index (χ4n) is 4.20. The number of ether oxygens (including phenoxy) is 1. The van der Waals surface area contributed by atoms with Crippen LogP contribution >= 0.6 is 0 Å². The first-order valence-corrected chi connectivity index (χ1v) is 11.6. The summed E-state index contributed by atoms with van der Waals surface area (Å²) in [6.45, 7) is 5.41. The third kappa shape index (κ3) is 5.64. The lowest BCUT2D eigenvalue weighted by molar-refractivity contribution is -0.121. The lowest BCUT2D eigenvalue weighted by Gasteiger charge is -2.19. The zero-order chi connectivity index (χ0) is 23.2. The molecular formula is C29H32N2O2. The van der Waals surface area contributed by atoms with Crippen LogP contribution in [-0.4, -0.2) is 17.0 Å². The molecule has 0 bridgehead atoms. The molecule has 1 N–H and O–H groups in total. The summed E-state index contributed by atoms with van der Waals surface area (Å²) in [4.78, 5) is 12.9. The molecule has 0 unspecified atom stereocenters. The van der Waals surface area contributed by atoms with Gasteiger partial charge >= 0.3 is 0 Å². The minimum Gasteiger partial charge on any atom is -0.489 e. The number of aromatic nitrogens is 1. The van der Waals surface area contributed by atoms with Crippen LogP contribution in [0.2, 0.25) is 0 Å². The fraction of sp³-hybridized carbons (Fsp3) is 0.276. The maximum absolute atomic E-state index is 12.9. The topological polar surface area (TPSA) is 43.3 Å². The molecule has 4 nitrogen and oxygen atoms in total. The highest BCUT2D eigenvalue weighted by Crippen LogP contribution is 2.35. The van der Waals surface area contributed by atoms with E-state index < -0.39 is 0 Å². The summed E-state index contributed by atoms with van der Waals surface area (Å²) in [5.41, 5.74) is 4.53. The Kier molecular flexibility index (Phi) is 7.13. The predicted octanol–water partition coefficient (Wildman–Crippen LogP) is 6.05. The van der Waals surface area contributed by atoms with Gasteiger partial charge in [0, 0.05) is 43.0 Å². The minimum atomic E-state index is -0.0662. The van der Waals surface area contributed by atoms with E-state index >= 15 is 0 Å². The fourth-order valence-corrected chi connectivity index (χ4v) is 4.20. The van der Waals surface area contributed by atoms with Gasteiger partial charge in [0.05, 0.1) is 0 Å². The van der Waals surface area contributed by atoms with Gasteiger partial charge in [-0.15, -0.1) is 0 Å². The Balaban J connectivity index is 1.65. The maximum atomic E-state index is 12.9. The van der Waals surface area contributed by atoms with E-state index in [1.165, 1.54) is 5.39 Å². The Hall–Kier alpha value is -3.53. The van der Waals surface area contributed by atoms with Crippen LogP contribution in [0.3, 0.4) is 0 Å². The van der Waals surface area contributed by atoms with Gasteiger partial charge in [-0.2, -0.15) is 0 Å². The highest BCUT2D eigenvalue weighted by molar-refractivity contribution is 5.86. The number of amides is 1. The summed E-state index contributed by atoms with van der Waals surface area (Å²) in [7, 11) is 2.06. The van der Waals surface area contributed by atoms with Crippen LogP contribution in [0.1, 0.15) is 42.9 Å². The standard InChI is InChI=1S/C29H32N2O2/c1-21(2)18-30-29(32)17-26(27-19-31(3)28-15-8-7-14-25(27)28)23-12-9-13-24(16-23)33-20-22-10-5-4-6-11-22/h4-16,19,21,26H,17-18,20H2,1-3H3,(H,30,32)/t26-/m0/s1.